The van der Waals surface area contributed by atoms with Crippen LogP contribution in [0.3, 0.4) is 0 Å². The molecule has 1 rings (SSSR count). The van der Waals surface area contributed by atoms with E-state index in [0.29, 0.717) is 6.42 Å². The predicted molar refractivity (Wildman–Crippen MR) is 98.6 cm³/mol. The van der Waals surface area contributed by atoms with Crippen molar-refractivity contribution in [3.8, 4) is 6.07 Å². The molecule has 0 aromatic carbocycles. The topological polar surface area (TPSA) is 59.3 Å². The van der Waals surface area contributed by atoms with Crippen LogP contribution in [0.25, 0.3) is 0 Å². The van der Waals surface area contributed by atoms with Gasteiger partial charge in [-0.2, -0.15) is 5.26 Å². The standard InChI is InChI=1S/C19H33NO3Si/c1-10-22-16(21)19(13-20)14(2)11-15(12-18(19,6)7)23-24(8,9)17(3,4)5/h11,14H,10,12H2,1-9H3. The lowest BCUT2D eigenvalue weighted by molar-refractivity contribution is -0.162. The van der Waals surface area contributed by atoms with E-state index in [1.54, 1.807) is 6.92 Å². The quantitative estimate of drug-likeness (QED) is 0.526. The molecule has 0 heterocycles. The molecule has 0 N–H and O–H groups in total. The number of nitrogens with zero attached hydrogens (tertiary/aromatic N) is 1. The van der Waals surface area contributed by atoms with Crippen molar-refractivity contribution in [3.63, 3.8) is 0 Å². The summed E-state index contributed by atoms with van der Waals surface area (Å²) in [6, 6.07) is 2.29. The number of nitriles is 1. The second-order valence-corrected chi connectivity index (χ2v) is 13.7. The lowest BCUT2D eigenvalue weighted by Crippen LogP contribution is -2.52. The number of carbonyl (C=O) groups is 1. The smallest absolute Gasteiger partial charge is 0.327 e. The third-order valence-corrected chi connectivity index (χ3v) is 10.2. The fraction of sp³-hybridized carbons (Fsp3) is 0.789. The molecule has 0 fully saturated rings. The molecule has 0 aromatic rings. The highest BCUT2D eigenvalue weighted by Gasteiger charge is 2.59. The van der Waals surface area contributed by atoms with E-state index in [0.717, 1.165) is 5.76 Å². The summed E-state index contributed by atoms with van der Waals surface area (Å²) in [7, 11) is -1.95. The van der Waals surface area contributed by atoms with Crippen LogP contribution in [0.4, 0.5) is 0 Å². The summed E-state index contributed by atoms with van der Waals surface area (Å²) in [6.45, 7) is 18.9. The molecule has 4 nitrogen and oxygen atoms in total. The Morgan fingerprint density at radius 3 is 2.33 bits per heavy atom. The van der Waals surface area contributed by atoms with Crippen LogP contribution < -0.4 is 0 Å². The van der Waals surface area contributed by atoms with Gasteiger partial charge in [0, 0.05) is 17.8 Å². The highest BCUT2D eigenvalue weighted by molar-refractivity contribution is 6.74. The molecule has 0 spiro atoms. The Bertz CT molecular complexity index is 566. The molecule has 0 saturated carbocycles. The molecule has 0 bridgehead atoms. The van der Waals surface area contributed by atoms with E-state index >= 15 is 0 Å². The summed E-state index contributed by atoms with van der Waals surface area (Å²) in [5.74, 6) is 0.229. The minimum Gasteiger partial charge on any atom is -0.547 e. The van der Waals surface area contributed by atoms with E-state index in [2.05, 4.69) is 39.9 Å². The van der Waals surface area contributed by atoms with Crippen molar-refractivity contribution < 1.29 is 14.0 Å². The maximum absolute atomic E-state index is 12.6. The molecule has 136 valence electrons. The van der Waals surface area contributed by atoms with Crippen molar-refractivity contribution in [2.75, 3.05) is 6.61 Å². The molecule has 0 aliphatic heterocycles. The normalized spacial score (nSPS) is 27.0. The van der Waals surface area contributed by atoms with Crippen LogP contribution in [0.2, 0.25) is 18.1 Å². The van der Waals surface area contributed by atoms with Gasteiger partial charge in [-0.15, -0.1) is 0 Å². The second kappa shape index (κ2) is 6.55. The molecular formula is C19H33NO3Si. The second-order valence-electron chi connectivity index (χ2n) is 8.98. The Hall–Kier alpha value is -1.28. The number of esters is 1. The van der Waals surface area contributed by atoms with Gasteiger partial charge in [0.15, 0.2) is 5.41 Å². The zero-order valence-electron chi connectivity index (χ0n) is 16.7. The van der Waals surface area contributed by atoms with Gasteiger partial charge in [0.05, 0.1) is 18.4 Å². The van der Waals surface area contributed by atoms with Gasteiger partial charge >= 0.3 is 5.97 Å². The number of hydrogen-bond donors (Lipinski definition) is 0. The minimum absolute atomic E-state index is 0.103. The molecular weight excluding hydrogens is 318 g/mol. The first kappa shape index (κ1) is 20.8. The van der Waals surface area contributed by atoms with Crippen molar-refractivity contribution in [3.05, 3.63) is 11.8 Å². The highest BCUT2D eigenvalue weighted by Crippen LogP contribution is 2.54. The Morgan fingerprint density at radius 2 is 1.96 bits per heavy atom. The van der Waals surface area contributed by atoms with Crippen LogP contribution in [-0.2, 0) is 14.0 Å². The van der Waals surface area contributed by atoms with Crippen LogP contribution in [0.1, 0.15) is 54.9 Å². The molecule has 2 atom stereocenters. The predicted octanol–water partition coefficient (Wildman–Crippen LogP) is 5.03. The molecule has 0 radical (unpaired) electrons. The summed E-state index contributed by atoms with van der Waals surface area (Å²) in [4.78, 5) is 12.6. The number of hydrogen-bond acceptors (Lipinski definition) is 4. The van der Waals surface area contributed by atoms with Gasteiger partial charge in [-0.25, -0.2) is 0 Å². The molecule has 5 heteroatoms. The van der Waals surface area contributed by atoms with Crippen molar-refractivity contribution in [2.45, 2.75) is 73.0 Å². The van der Waals surface area contributed by atoms with Crippen molar-refractivity contribution >= 4 is 14.3 Å². The number of rotatable bonds is 4. The average Bonchev–Trinajstić information content (AvgIpc) is 2.36. The summed E-state index contributed by atoms with van der Waals surface area (Å²) in [6.07, 6.45) is 2.53. The first-order valence-corrected chi connectivity index (χ1v) is 11.6. The average molecular weight is 352 g/mol. The van der Waals surface area contributed by atoms with Crippen LogP contribution >= 0.6 is 0 Å². The summed E-state index contributed by atoms with van der Waals surface area (Å²) in [5, 5.41) is 9.98. The van der Waals surface area contributed by atoms with Crippen molar-refractivity contribution in [1.29, 1.82) is 5.26 Å². The van der Waals surface area contributed by atoms with Gasteiger partial charge in [0.1, 0.15) is 0 Å². The minimum atomic E-state index is -1.95. The van der Waals surface area contributed by atoms with E-state index in [9.17, 15) is 10.1 Å². The third-order valence-electron chi connectivity index (χ3n) is 5.77. The van der Waals surface area contributed by atoms with Gasteiger partial charge in [-0.05, 0) is 31.1 Å². The fourth-order valence-corrected chi connectivity index (χ4v) is 4.31. The molecule has 1 aliphatic rings. The molecule has 0 amide bonds. The highest BCUT2D eigenvalue weighted by atomic mass is 28.4. The van der Waals surface area contributed by atoms with Gasteiger partial charge in [-0.3, -0.25) is 4.79 Å². The van der Waals surface area contributed by atoms with E-state index in [1.807, 2.05) is 26.8 Å². The molecule has 24 heavy (non-hydrogen) atoms. The first-order valence-electron chi connectivity index (χ1n) is 8.73. The zero-order chi connectivity index (χ0) is 19.0. The Morgan fingerprint density at radius 1 is 1.42 bits per heavy atom. The Balaban J connectivity index is 3.27. The fourth-order valence-electron chi connectivity index (χ4n) is 3.21. The summed E-state index contributed by atoms with van der Waals surface area (Å²) >= 11 is 0. The summed E-state index contributed by atoms with van der Waals surface area (Å²) in [5.41, 5.74) is -1.73. The van der Waals surface area contributed by atoms with Crippen LogP contribution in [0, 0.1) is 28.1 Å². The molecule has 0 aromatic heterocycles. The molecule has 2 unspecified atom stereocenters. The maximum Gasteiger partial charge on any atom is 0.327 e. The zero-order valence-corrected chi connectivity index (χ0v) is 17.7. The van der Waals surface area contributed by atoms with Gasteiger partial charge in [-0.1, -0.05) is 41.5 Å². The Labute approximate surface area is 148 Å². The molecule has 0 saturated heterocycles. The Kier molecular flexibility index (Phi) is 5.67. The van der Waals surface area contributed by atoms with Gasteiger partial charge < -0.3 is 9.16 Å². The van der Waals surface area contributed by atoms with E-state index in [4.69, 9.17) is 9.16 Å². The van der Waals surface area contributed by atoms with Crippen LogP contribution in [0.5, 0.6) is 0 Å². The van der Waals surface area contributed by atoms with E-state index in [1.165, 1.54) is 0 Å². The lowest BCUT2D eigenvalue weighted by Gasteiger charge is -2.48. The summed E-state index contributed by atoms with van der Waals surface area (Å²) < 4.78 is 11.7. The van der Waals surface area contributed by atoms with Crippen molar-refractivity contribution in [2.24, 2.45) is 16.7 Å². The number of allylic oxidation sites excluding steroid dienone is 2. The molecule has 1 aliphatic carbocycles. The van der Waals surface area contributed by atoms with E-state index < -0.39 is 25.1 Å². The van der Waals surface area contributed by atoms with Crippen LogP contribution in [-0.4, -0.2) is 20.9 Å². The van der Waals surface area contributed by atoms with Gasteiger partial charge in [0.2, 0.25) is 8.32 Å². The third kappa shape index (κ3) is 3.39. The van der Waals surface area contributed by atoms with Gasteiger partial charge in [0.25, 0.3) is 0 Å². The van der Waals surface area contributed by atoms with Crippen LogP contribution in [0.15, 0.2) is 11.8 Å². The first-order chi connectivity index (χ1) is 10.7. The monoisotopic (exact) mass is 351 g/mol. The van der Waals surface area contributed by atoms with E-state index in [-0.39, 0.29) is 17.6 Å². The number of carbonyl (C=O) groups excluding carboxylic acids is 1. The number of ether oxygens (including phenoxy) is 1. The van der Waals surface area contributed by atoms with Crippen molar-refractivity contribution in [1.82, 2.24) is 0 Å². The maximum atomic E-state index is 12.6. The lowest BCUT2D eigenvalue weighted by atomic mass is 9.56. The largest absolute Gasteiger partial charge is 0.547 e. The SMILES string of the molecule is CCOC(=O)C1(C#N)C(C)C=C(O[Si](C)(C)C(C)(C)C)CC1(C)C.